The molecule has 0 fully saturated rings. The topological polar surface area (TPSA) is 68.3 Å². The van der Waals surface area contributed by atoms with Gasteiger partial charge in [-0.3, -0.25) is 9.59 Å². The average Bonchev–Trinajstić information content (AvgIpc) is 2.35. The van der Waals surface area contributed by atoms with E-state index in [1.165, 1.54) is 13.3 Å². The molecule has 5 nitrogen and oxygen atoms in total. The molecule has 0 aromatic carbocycles. The van der Waals surface area contributed by atoms with Crippen molar-refractivity contribution in [2.45, 2.75) is 5.38 Å². The summed E-state index contributed by atoms with van der Waals surface area (Å²) in [5, 5.41) is 1.58. The summed E-state index contributed by atoms with van der Waals surface area (Å²) in [6.07, 6.45) is 1.50. The number of hydrogen-bond donors (Lipinski definition) is 1. The minimum absolute atomic E-state index is 0.0178. The molecule has 0 aliphatic carbocycles. The molecule has 7 heteroatoms. The molecule has 0 spiro atoms. The summed E-state index contributed by atoms with van der Waals surface area (Å²) in [5.41, 5.74) is 0.237. The number of rotatable bonds is 4. The van der Waals surface area contributed by atoms with Crippen molar-refractivity contribution in [1.29, 1.82) is 0 Å². The first kappa shape index (κ1) is 13.9. The van der Waals surface area contributed by atoms with Crippen molar-refractivity contribution in [3.8, 4) is 0 Å². The molecule has 1 atom stereocenters. The first-order valence-electron chi connectivity index (χ1n) is 4.67. The van der Waals surface area contributed by atoms with Crippen molar-refractivity contribution in [2.75, 3.05) is 13.7 Å². The summed E-state index contributed by atoms with van der Waals surface area (Å²) in [6, 6.07) is 3.39. The van der Waals surface area contributed by atoms with Gasteiger partial charge in [0.25, 0.3) is 5.91 Å². The second kappa shape index (κ2) is 6.56. The molecule has 0 aliphatic rings. The zero-order valence-corrected chi connectivity index (χ0v) is 11.3. The number of pyridine rings is 1. The molecule has 1 aromatic heterocycles. The standard InChI is InChI=1S/C10H10BrClN2O3/c1-17-10(16)7(12)5-14-9(15)8-6(11)3-2-4-13-8/h2-4,7H,5H2,1H3,(H,14,15). The van der Waals surface area contributed by atoms with Crippen LogP contribution in [0.2, 0.25) is 0 Å². The minimum atomic E-state index is -0.911. The number of esters is 1. The van der Waals surface area contributed by atoms with Crippen LogP contribution in [0.1, 0.15) is 10.5 Å². The molecule has 1 amide bonds. The summed E-state index contributed by atoms with van der Waals surface area (Å²) in [7, 11) is 1.23. The van der Waals surface area contributed by atoms with Crippen molar-refractivity contribution < 1.29 is 14.3 Å². The van der Waals surface area contributed by atoms with E-state index in [1.807, 2.05) is 0 Å². The fraction of sp³-hybridized carbons (Fsp3) is 0.300. The Morgan fingerprint density at radius 2 is 2.35 bits per heavy atom. The first-order valence-corrected chi connectivity index (χ1v) is 5.89. The Balaban J connectivity index is 2.57. The Morgan fingerprint density at radius 1 is 1.65 bits per heavy atom. The Morgan fingerprint density at radius 3 is 2.94 bits per heavy atom. The highest BCUT2D eigenvalue weighted by atomic mass is 79.9. The van der Waals surface area contributed by atoms with E-state index in [9.17, 15) is 9.59 Å². The van der Waals surface area contributed by atoms with E-state index in [2.05, 4.69) is 31.0 Å². The third-order valence-corrected chi connectivity index (χ3v) is 2.84. The fourth-order valence-electron chi connectivity index (χ4n) is 1.03. The molecule has 0 aliphatic heterocycles. The maximum atomic E-state index is 11.7. The average molecular weight is 322 g/mol. The third kappa shape index (κ3) is 3.98. The Kier molecular flexibility index (Phi) is 5.37. The number of carbonyl (C=O) groups excluding carboxylic acids is 2. The van der Waals surface area contributed by atoms with Crippen molar-refractivity contribution in [2.24, 2.45) is 0 Å². The van der Waals surface area contributed by atoms with Gasteiger partial charge in [-0.2, -0.15) is 0 Å². The second-order valence-electron chi connectivity index (χ2n) is 3.03. The summed E-state index contributed by atoms with van der Waals surface area (Å²) < 4.78 is 5.00. The Labute approximate surface area is 112 Å². The zero-order valence-electron chi connectivity index (χ0n) is 8.94. The number of aromatic nitrogens is 1. The number of amides is 1. The molecule has 17 heavy (non-hydrogen) atoms. The molecule has 0 radical (unpaired) electrons. The highest BCUT2D eigenvalue weighted by Gasteiger charge is 2.18. The number of nitrogens with zero attached hydrogens (tertiary/aromatic N) is 1. The molecule has 1 N–H and O–H groups in total. The van der Waals surface area contributed by atoms with Crippen LogP contribution in [0.3, 0.4) is 0 Å². The molecule has 1 unspecified atom stereocenters. The minimum Gasteiger partial charge on any atom is -0.468 e. The second-order valence-corrected chi connectivity index (χ2v) is 4.42. The lowest BCUT2D eigenvalue weighted by Crippen LogP contribution is -2.34. The lowest BCUT2D eigenvalue weighted by atomic mass is 10.3. The van der Waals surface area contributed by atoms with E-state index >= 15 is 0 Å². The van der Waals surface area contributed by atoms with Gasteiger partial charge in [0.05, 0.1) is 7.11 Å². The third-order valence-electron chi connectivity index (χ3n) is 1.87. The number of alkyl halides is 1. The van der Waals surface area contributed by atoms with Crippen molar-refractivity contribution in [3.05, 3.63) is 28.5 Å². The lowest BCUT2D eigenvalue weighted by Gasteiger charge is -2.09. The van der Waals surface area contributed by atoms with Gasteiger partial charge in [-0.05, 0) is 28.1 Å². The summed E-state index contributed by atoms with van der Waals surface area (Å²) in [5.74, 6) is -1.00. The van der Waals surface area contributed by atoms with Crippen molar-refractivity contribution in [1.82, 2.24) is 10.3 Å². The highest BCUT2D eigenvalue weighted by Crippen LogP contribution is 2.12. The van der Waals surface area contributed by atoms with E-state index in [1.54, 1.807) is 12.1 Å². The van der Waals surface area contributed by atoms with Crippen molar-refractivity contribution in [3.63, 3.8) is 0 Å². The fourth-order valence-corrected chi connectivity index (χ4v) is 1.63. The van der Waals surface area contributed by atoms with Gasteiger partial charge in [-0.25, -0.2) is 4.98 Å². The van der Waals surface area contributed by atoms with Crippen molar-refractivity contribution >= 4 is 39.4 Å². The van der Waals surface area contributed by atoms with Crippen LogP contribution in [0, 0.1) is 0 Å². The van der Waals surface area contributed by atoms with Gasteiger partial charge in [-0.15, -0.1) is 11.6 Å². The molecule has 0 bridgehead atoms. The van der Waals surface area contributed by atoms with Gasteiger partial charge < -0.3 is 10.1 Å². The summed E-state index contributed by atoms with van der Waals surface area (Å²) in [6.45, 7) is -0.0178. The van der Waals surface area contributed by atoms with Crippen LogP contribution in [-0.2, 0) is 9.53 Å². The van der Waals surface area contributed by atoms with Crippen LogP contribution in [-0.4, -0.2) is 35.9 Å². The zero-order chi connectivity index (χ0) is 12.8. The summed E-state index contributed by atoms with van der Waals surface area (Å²) >= 11 is 8.88. The molecule has 0 saturated carbocycles. The predicted molar refractivity (Wildman–Crippen MR) is 65.9 cm³/mol. The number of ether oxygens (including phenoxy) is 1. The van der Waals surface area contributed by atoms with Gasteiger partial charge in [-0.1, -0.05) is 0 Å². The number of methoxy groups -OCH3 is 1. The largest absolute Gasteiger partial charge is 0.468 e. The van der Waals surface area contributed by atoms with E-state index in [0.717, 1.165) is 0 Å². The normalized spacial score (nSPS) is 11.7. The SMILES string of the molecule is COC(=O)C(Cl)CNC(=O)c1ncccc1Br. The highest BCUT2D eigenvalue weighted by molar-refractivity contribution is 9.10. The maximum Gasteiger partial charge on any atom is 0.325 e. The van der Waals surface area contributed by atoms with Crippen LogP contribution in [0.4, 0.5) is 0 Å². The van der Waals surface area contributed by atoms with E-state index in [-0.39, 0.29) is 12.2 Å². The lowest BCUT2D eigenvalue weighted by molar-refractivity contribution is -0.140. The number of halogens is 2. The van der Waals surface area contributed by atoms with Crippen LogP contribution < -0.4 is 5.32 Å². The van der Waals surface area contributed by atoms with E-state index in [0.29, 0.717) is 4.47 Å². The van der Waals surface area contributed by atoms with Gasteiger partial charge in [0.2, 0.25) is 0 Å². The van der Waals surface area contributed by atoms with Crippen LogP contribution >= 0.6 is 27.5 Å². The van der Waals surface area contributed by atoms with Gasteiger partial charge >= 0.3 is 5.97 Å². The smallest absolute Gasteiger partial charge is 0.325 e. The number of nitrogens with one attached hydrogen (secondary N) is 1. The van der Waals surface area contributed by atoms with E-state index < -0.39 is 17.3 Å². The first-order chi connectivity index (χ1) is 8.06. The maximum absolute atomic E-state index is 11.7. The monoisotopic (exact) mass is 320 g/mol. The van der Waals surface area contributed by atoms with Crippen LogP contribution in [0.25, 0.3) is 0 Å². The van der Waals surface area contributed by atoms with Gasteiger partial charge in [0.15, 0.2) is 0 Å². The van der Waals surface area contributed by atoms with E-state index in [4.69, 9.17) is 11.6 Å². The molecule has 0 saturated heterocycles. The molecule has 1 heterocycles. The Bertz CT molecular complexity index is 428. The van der Waals surface area contributed by atoms with Gasteiger partial charge in [0, 0.05) is 17.2 Å². The Hall–Kier alpha value is -1.14. The molecular formula is C10H10BrClN2O3. The number of carbonyl (C=O) groups is 2. The predicted octanol–water partition coefficient (Wildman–Crippen LogP) is 1.35. The van der Waals surface area contributed by atoms with Crippen LogP contribution in [0.15, 0.2) is 22.8 Å². The quantitative estimate of drug-likeness (QED) is 0.671. The molecule has 92 valence electrons. The molecule has 1 rings (SSSR count). The summed E-state index contributed by atoms with van der Waals surface area (Å²) in [4.78, 5) is 26.6. The molecular weight excluding hydrogens is 311 g/mol. The van der Waals surface area contributed by atoms with Gasteiger partial charge in [0.1, 0.15) is 11.1 Å². The van der Waals surface area contributed by atoms with Crippen LogP contribution in [0.5, 0.6) is 0 Å². The molecule has 1 aromatic rings. The number of hydrogen-bond acceptors (Lipinski definition) is 4.